The quantitative estimate of drug-likeness (QED) is 0.331. The maximum Gasteiger partial charge on any atom is 0.237 e. The number of anilines is 1. The van der Waals surface area contributed by atoms with Crippen LogP contribution in [0.1, 0.15) is 31.9 Å². The summed E-state index contributed by atoms with van der Waals surface area (Å²) in [6, 6.07) is 11.5. The molecule has 0 N–H and O–H groups in total. The fourth-order valence-corrected chi connectivity index (χ4v) is 5.29. The number of hydrogen-bond acceptors (Lipinski definition) is 9. The molecule has 10 heteroatoms. The van der Waals surface area contributed by atoms with Crippen LogP contribution in [0.2, 0.25) is 0 Å². The third-order valence-electron chi connectivity index (χ3n) is 5.88. The smallest absolute Gasteiger partial charge is 0.237 e. The normalized spacial score (nSPS) is 18.4. The third-order valence-corrected chi connectivity index (χ3v) is 6.84. The molecule has 34 heavy (non-hydrogen) atoms. The van der Waals surface area contributed by atoms with Crippen LogP contribution in [-0.2, 0) is 12.3 Å². The van der Waals surface area contributed by atoms with Crippen LogP contribution in [0, 0.1) is 11.8 Å². The second-order valence-electron chi connectivity index (χ2n) is 8.80. The van der Waals surface area contributed by atoms with Crippen molar-refractivity contribution in [1.29, 1.82) is 0 Å². The highest BCUT2D eigenvalue weighted by Gasteiger charge is 2.27. The average Bonchev–Trinajstić information content (AvgIpc) is 3.59. The highest BCUT2D eigenvalue weighted by molar-refractivity contribution is 7.98. The van der Waals surface area contributed by atoms with Gasteiger partial charge in [0.05, 0.1) is 31.2 Å². The Morgan fingerprint density at radius 3 is 2.68 bits per heavy atom. The fraction of sp³-hybridized carbons (Fsp3) is 0.417. The summed E-state index contributed by atoms with van der Waals surface area (Å²) in [7, 11) is 1.63. The SMILES string of the molecule is COc1ccccc1-c1noc(CSc2nnc(N3CC(C)CC(C)C3)n2Cc2ccco2)n1. The highest BCUT2D eigenvalue weighted by Crippen LogP contribution is 2.31. The number of aromatic nitrogens is 5. The monoisotopic (exact) mass is 480 g/mol. The van der Waals surface area contributed by atoms with Crippen LogP contribution in [0.5, 0.6) is 5.75 Å². The Morgan fingerprint density at radius 1 is 1.09 bits per heavy atom. The van der Waals surface area contributed by atoms with E-state index in [2.05, 4.69) is 43.7 Å². The Labute approximate surface area is 202 Å². The van der Waals surface area contributed by atoms with E-state index in [1.807, 2.05) is 36.4 Å². The van der Waals surface area contributed by atoms with Crippen molar-refractivity contribution >= 4 is 17.7 Å². The lowest BCUT2D eigenvalue weighted by atomic mass is 9.92. The van der Waals surface area contributed by atoms with E-state index in [4.69, 9.17) is 13.7 Å². The van der Waals surface area contributed by atoms with E-state index in [1.54, 1.807) is 13.4 Å². The summed E-state index contributed by atoms with van der Waals surface area (Å²) in [4.78, 5) is 6.90. The molecule has 0 spiro atoms. The van der Waals surface area contributed by atoms with Crippen LogP contribution in [-0.4, -0.2) is 45.1 Å². The van der Waals surface area contributed by atoms with Gasteiger partial charge in [0.25, 0.3) is 0 Å². The Morgan fingerprint density at radius 2 is 1.91 bits per heavy atom. The van der Waals surface area contributed by atoms with Gasteiger partial charge in [-0.25, -0.2) is 0 Å². The zero-order valence-corrected chi connectivity index (χ0v) is 20.4. The molecular weight excluding hydrogens is 452 g/mol. The minimum atomic E-state index is 0.477. The van der Waals surface area contributed by atoms with Gasteiger partial charge in [-0.15, -0.1) is 10.2 Å². The predicted molar refractivity (Wildman–Crippen MR) is 129 cm³/mol. The summed E-state index contributed by atoms with van der Waals surface area (Å²) in [5, 5.41) is 14.0. The number of nitrogens with zero attached hydrogens (tertiary/aromatic N) is 6. The van der Waals surface area contributed by atoms with Crippen LogP contribution >= 0.6 is 11.8 Å². The van der Waals surface area contributed by atoms with Crippen LogP contribution in [0.3, 0.4) is 0 Å². The van der Waals surface area contributed by atoms with E-state index in [0.717, 1.165) is 35.5 Å². The molecule has 0 saturated carbocycles. The number of rotatable bonds is 8. The summed E-state index contributed by atoms with van der Waals surface area (Å²) in [5.74, 6) is 5.15. The predicted octanol–water partition coefficient (Wildman–Crippen LogP) is 4.75. The zero-order valence-electron chi connectivity index (χ0n) is 19.5. The Bertz CT molecular complexity index is 1210. The maximum absolute atomic E-state index is 5.63. The maximum atomic E-state index is 5.63. The van der Waals surface area contributed by atoms with E-state index in [-0.39, 0.29) is 0 Å². The van der Waals surface area contributed by atoms with Gasteiger partial charge in [0.15, 0.2) is 5.16 Å². The number of benzene rings is 1. The Hall–Kier alpha value is -3.27. The number of piperidine rings is 1. The van der Waals surface area contributed by atoms with E-state index in [9.17, 15) is 0 Å². The van der Waals surface area contributed by atoms with Crippen LogP contribution in [0.25, 0.3) is 11.4 Å². The van der Waals surface area contributed by atoms with Crippen molar-refractivity contribution in [2.24, 2.45) is 11.8 Å². The lowest BCUT2D eigenvalue weighted by Crippen LogP contribution is -2.40. The highest BCUT2D eigenvalue weighted by atomic mass is 32.2. The summed E-state index contributed by atoms with van der Waals surface area (Å²) in [6.45, 7) is 7.09. The van der Waals surface area contributed by atoms with Crippen molar-refractivity contribution < 1.29 is 13.7 Å². The number of para-hydroxylation sites is 1. The Balaban J connectivity index is 1.36. The van der Waals surface area contributed by atoms with Gasteiger partial charge in [0.1, 0.15) is 11.5 Å². The first-order valence-electron chi connectivity index (χ1n) is 11.4. The zero-order chi connectivity index (χ0) is 23.5. The molecule has 4 heterocycles. The lowest BCUT2D eigenvalue weighted by molar-refractivity contribution is 0.350. The number of thioether (sulfide) groups is 1. The first kappa shape index (κ1) is 22.5. The molecule has 1 aliphatic rings. The van der Waals surface area contributed by atoms with Gasteiger partial charge in [0.2, 0.25) is 17.7 Å². The van der Waals surface area contributed by atoms with Gasteiger partial charge in [-0.1, -0.05) is 42.9 Å². The molecule has 1 aromatic carbocycles. The number of furan rings is 1. The molecule has 9 nitrogen and oxygen atoms in total. The van der Waals surface area contributed by atoms with Crippen LogP contribution in [0.4, 0.5) is 5.95 Å². The Kier molecular flexibility index (Phi) is 6.57. The molecule has 4 aromatic rings. The van der Waals surface area contributed by atoms with E-state index < -0.39 is 0 Å². The summed E-state index contributed by atoms with van der Waals surface area (Å²) < 4.78 is 18.7. The van der Waals surface area contributed by atoms with Crippen molar-refractivity contribution in [2.45, 2.75) is 37.7 Å². The minimum absolute atomic E-state index is 0.477. The van der Waals surface area contributed by atoms with Gasteiger partial charge in [-0.3, -0.25) is 4.57 Å². The second-order valence-corrected chi connectivity index (χ2v) is 9.74. The first-order valence-corrected chi connectivity index (χ1v) is 12.4. The molecule has 0 amide bonds. The molecule has 0 bridgehead atoms. The molecule has 5 rings (SSSR count). The minimum Gasteiger partial charge on any atom is -0.496 e. The molecule has 1 saturated heterocycles. The molecule has 1 fully saturated rings. The number of hydrogen-bond donors (Lipinski definition) is 0. The molecule has 0 radical (unpaired) electrons. The van der Waals surface area contributed by atoms with Crippen molar-refractivity contribution in [3.63, 3.8) is 0 Å². The first-order chi connectivity index (χ1) is 16.6. The van der Waals surface area contributed by atoms with Gasteiger partial charge in [0, 0.05) is 13.1 Å². The van der Waals surface area contributed by atoms with Gasteiger partial charge >= 0.3 is 0 Å². The standard InChI is InChI=1S/C24H28N6O3S/c1-16-11-17(2)13-29(12-16)23-26-27-24(30(23)14-18-7-6-10-32-18)34-15-21-25-22(28-33-21)19-8-4-5-9-20(19)31-3/h4-10,16-17H,11-15H2,1-3H3. The van der Waals surface area contributed by atoms with Crippen LogP contribution in [0.15, 0.2) is 56.8 Å². The molecule has 2 unspecified atom stereocenters. The van der Waals surface area contributed by atoms with Crippen molar-refractivity contribution in [3.8, 4) is 17.1 Å². The molecular formula is C24H28N6O3S. The largest absolute Gasteiger partial charge is 0.496 e. The van der Waals surface area contributed by atoms with E-state index in [1.165, 1.54) is 18.2 Å². The molecule has 3 aromatic heterocycles. The van der Waals surface area contributed by atoms with Crippen molar-refractivity contribution in [2.75, 3.05) is 25.1 Å². The fourth-order valence-electron chi connectivity index (χ4n) is 4.52. The summed E-state index contributed by atoms with van der Waals surface area (Å²) in [6.07, 6.45) is 2.92. The molecule has 1 aliphatic heterocycles. The third kappa shape index (κ3) is 4.82. The van der Waals surface area contributed by atoms with Crippen molar-refractivity contribution in [1.82, 2.24) is 24.9 Å². The number of ether oxygens (including phenoxy) is 1. The topological polar surface area (TPSA) is 95.2 Å². The molecule has 0 aliphatic carbocycles. The summed E-state index contributed by atoms with van der Waals surface area (Å²) in [5.41, 5.74) is 0.793. The average molecular weight is 481 g/mol. The van der Waals surface area contributed by atoms with Gasteiger partial charge < -0.3 is 18.6 Å². The lowest BCUT2D eigenvalue weighted by Gasteiger charge is -2.35. The van der Waals surface area contributed by atoms with E-state index >= 15 is 0 Å². The molecule has 2 atom stereocenters. The molecule has 178 valence electrons. The van der Waals surface area contributed by atoms with Crippen molar-refractivity contribution in [3.05, 3.63) is 54.3 Å². The van der Waals surface area contributed by atoms with Gasteiger partial charge in [-0.2, -0.15) is 4.98 Å². The summed E-state index contributed by atoms with van der Waals surface area (Å²) >= 11 is 1.52. The van der Waals surface area contributed by atoms with Gasteiger partial charge in [-0.05, 0) is 42.5 Å². The van der Waals surface area contributed by atoms with E-state index in [0.29, 0.717) is 41.6 Å². The number of methoxy groups -OCH3 is 1. The second kappa shape index (κ2) is 9.92. The van der Waals surface area contributed by atoms with Crippen LogP contribution < -0.4 is 9.64 Å².